The first-order valence-corrected chi connectivity index (χ1v) is 4.39. The molecule has 0 aliphatic heterocycles. The monoisotopic (exact) mass is 221 g/mol. The Kier molecular flexibility index (Phi) is 5.33. The summed E-state index contributed by atoms with van der Waals surface area (Å²) in [4.78, 5) is 0. The van der Waals surface area contributed by atoms with Crippen molar-refractivity contribution in [3.8, 4) is 0 Å². The SMILES string of the molecule is [Cl-].[NH3+]C[C@@](O)(CCl)c1ccccc1. The third-order valence-corrected chi connectivity index (χ3v) is 2.39. The van der Waals surface area contributed by atoms with Crippen molar-refractivity contribution in [2.24, 2.45) is 0 Å². The van der Waals surface area contributed by atoms with E-state index >= 15 is 0 Å². The average Bonchev–Trinajstić information content (AvgIpc) is 2.18. The molecule has 2 nitrogen and oxygen atoms in total. The van der Waals surface area contributed by atoms with E-state index in [-0.39, 0.29) is 18.3 Å². The molecule has 0 amide bonds. The van der Waals surface area contributed by atoms with Gasteiger partial charge in [0.2, 0.25) is 0 Å². The molecule has 0 saturated heterocycles. The van der Waals surface area contributed by atoms with Crippen molar-refractivity contribution in [3.63, 3.8) is 0 Å². The van der Waals surface area contributed by atoms with Gasteiger partial charge in [-0.3, -0.25) is 0 Å². The quantitative estimate of drug-likeness (QED) is 0.539. The second-order valence-corrected chi connectivity index (χ2v) is 3.05. The third kappa shape index (κ3) is 2.85. The van der Waals surface area contributed by atoms with Crippen LogP contribution in [0.2, 0.25) is 0 Å². The van der Waals surface area contributed by atoms with Crippen LogP contribution < -0.4 is 18.1 Å². The number of rotatable bonds is 3. The van der Waals surface area contributed by atoms with Crippen LogP contribution in [0.4, 0.5) is 0 Å². The molecule has 0 fully saturated rings. The Morgan fingerprint density at radius 1 is 1.31 bits per heavy atom. The zero-order valence-electron chi connectivity index (χ0n) is 7.21. The molecule has 0 heterocycles. The van der Waals surface area contributed by atoms with Crippen LogP contribution in [0.15, 0.2) is 30.3 Å². The van der Waals surface area contributed by atoms with Crippen LogP contribution in [-0.2, 0) is 5.60 Å². The third-order valence-electron chi connectivity index (χ3n) is 1.95. The van der Waals surface area contributed by atoms with Gasteiger partial charge in [0.15, 0.2) is 5.60 Å². The number of hydrogen-bond donors (Lipinski definition) is 2. The van der Waals surface area contributed by atoms with Gasteiger partial charge in [0.1, 0.15) is 6.54 Å². The minimum absolute atomic E-state index is 0. The van der Waals surface area contributed by atoms with E-state index in [4.69, 9.17) is 11.6 Å². The Morgan fingerprint density at radius 3 is 2.23 bits per heavy atom. The molecule has 1 rings (SSSR count). The van der Waals surface area contributed by atoms with Gasteiger partial charge < -0.3 is 23.2 Å². The number of halogens is 2. The molecule has 0 spiro atoms. The lowest BCUT2D eigenvalue weighted by Gasteiger charge is -2.21. The van der Waals surface area contributed by atoms with E-state index in [1.54, 1.807) is 0 Å². The predicted molar refractivity (Wildman–Crippen MR) is 48.8 cm³/mol. The number of hydrogen-bond acceptors (Lipinski definition) is 1. The van der Waals surface area contributed by atoms with Crippen molar-refractivity contribution in [2.45, 2.75) is 5.60 Å². The summed E-state index contributed by atoms with van der Waals surface area (Å²) in [6.45, 7) is 0.389. The zero-order valence-corrected chi connectivity index (χ0v) is 8.72. The fraction of sp³-hybridized carbons (Fsp3) is 0.333. The molecule has 0 aromatic heterocycles. The summed E-state index contributed by atoms with van der Waals surface area (Å²) in [6, 6.07) is 9.37. The topological polar surface area (TPSA) is 47.9 Å². The molecule has 74 valence electrons. The van der Waals surface area contributed by atoms with Gasteiger partial charge in [-0.05, 0) is 5.56 Å². The molecular weight excluding hydrogens is 209 g/mol. The molecule has 0 radical (unpaired) electrons. The van der Waals surface area contributed by atoms with Crippen molar-refractivity contribution in [1.29, 1.82) is 0 Å². The van der Waals surface area contributed by atoms with E-state index in [1.807, 2.05) is 30.3 Å². The van der Waals surface area contributed by atoms with E-state index in [1.165, 1.54) is 0 Å². The first kappa shape index (κ1) is 12.7. The summed E-state index contributed by atoms with van der Waals surface area (Å²) in [5, 5.41) is 9.91. The Bertz CT molecular complexity index is 237. The van der Waals surface area contributed by atoms with Gasteiger partial charge in [0.05, 0.1) is 5.88 Å². The Morgan fingerprint density at radius 2 is 1.85 bits per heavy atom. The molecule has 0 unspecified atom stereocenters. The van der Waals surface area contributed by atoms with E-state index in [0.29, 0.717) is 6.54 Å². The molecule has 1 atom stereocenters. The lowest BCUT2D eigenvalue weighted by atomic mass is 9.96. The van der Waals surface area contributed by atoms with E-state index in [0.717, 1.165) is 5.56 Å². The van der Waals surface area contributed by atoms with E-state index in [9.17, 15) is 5.11 Å². The van der Waals surface area contributed by atoms with Crippen molar-refractivity contribution >= 4 is 11.6 Å². The standard InChI is InChI=1S/C9H12ClNO.ClH/c10-6-9(12,7-11)8-4-2-1-3-5-8;/h1-5,12H,6-7,11H2;1H/t9-;/m0./s1. The Labute approximate surface area is 89.1 Å². The largest absolute Gasteiger partial charge is 1.00 e. The highest BCUT2D eigenvalue weighted by Gasteiger charge is 2.28. The second-order valence-electron chi connectivity index (χ2n) is 2.78. The highest BCUT2D eigenvalue weighted by Crippen LogP contribution is 2.20. The minimum Gasteiger partial charge on any atom is -1.00 e. The van der Waals surface area contributed by atoms with Crippen LogP contribution in [0.25, 0.3) is 0 Å². The zero-order chi connectivity index (χ0) is 9.03. The molecular formula is C9H13Cl2NO. The van der Waals surface area contributed by atoms with Gasteiger partial charge in [-0.1, -0.05) is 30.3 Å². The summed E-state index contributed by atoms with van der Waals surface area (Å²) in [5.41, 5.74) is 3.53. The molecule has 13 heavy (non-hydrogen) atoms. The number of aliphatic hydroxyl groups is 1. The summed E-state index contributed by atoms with van der Waals surface area (Å²) in [5.74, 6) is 0.181. The fourth-order valence-corrected chi connectivity index (χ4v) is 1.32. The highest BCUT2D eigenvalue weighted by atomic mass is 35.5. The van der Waals surface area contributed by atoms with Crippen molar-refractivity contribution in [1.82, 2.24) is 0 Å². The van der Waals surface area contributed by atoms with Crippen LogP contribution in [0.1, 0.15) is 5.56 Å². The van der Waals surface area contributed by atoms with Crippen molar-refractivity contribution in [2.75, 3.05) is 12.4 Å². The Hall–Kier alpha value is -0.280. The molecule has 1 aromatic rings. The highest BCUT2D eigenvalue weighted by molar-refractivity contribution is 6.18. The van der Waals surface area contributed by atoms with E-state index < -0.39 is 5.60 Å². The van der Waals surface area contributed by atoms with Crippen molar-refractivity contribution < 1.29 is 23.2 Å². The van der Waals surface area contributed by atoms with Gasteiger partial charge in [-0.15, -0.1) is 11.6 Å². The number of benzene rings is 1. The second kappa shape index (κ2) is 5.45. The molecule has 0 bridgehead atoms. The average molecular weight is 222 g/mol. The number of alkyl halides is 1. The van der Waals surface area contributed by atoms with Gasteiger partial charge >= 0.3 is 0 Å². The predicted octanol–water partition coefficient (Wildman–Crippen LogP) is -2.64. The van der Waals surface area contributed by atoms with Gasteiger partial charge in [-0.25, -0.2) is 0 Å². The Balaban J connectivity index is 0.00000144. The smallest absolute Gasteiger partial charge is 0.151 e. The maximum atomic E-state index is 9.91. The number of quaternary nitrogens is 1. The van der Waals surface area contributed by atoms with Crippen LogP contribution in [0.3, 0.4) is 0 Å². The lowest BCUT2D eigenvalue weighted by Crippen LogP contribution is -3.00. The van der Waals surface area contributed by atoms with Crippen LogP contribution in [0.5, 0.6) is 0 Å². The van der Waals surface area contributed by atoms with Gasteiger partial charge in [0, 0.05) is 0 Å². The maximum absolute atomic E-state index is 9.91. The molecule has 0 saturated carbocycles. The summed E-state index contributed by atoms with van der Waals surface area (Å²) >= 11 is 5.65. The summed E-state index contributed by atoms with van der Waals surface area (Å²) < 4.78 is 0. The van der Waals surface area contributed by atoms with E-state index in [2.05, 4.69) is 5.73 Å². The lowest BCUT2D eigenvalue weighted by molar-refractivity contribution is -0.399. The molecule has 0 aliphatic rings. The van der Waals surface area contributed by atoms with Gasteiger partial charge in [0.25, 0.3) is 0 Å². The normalized spacial score (nSPS) is 14.4. The molecule has 4 heteroatoms. The minimum atomic E-state index is -0.969. The van der Waals surface area contributed by atoms with Gasteiger partial charge in [-0.2, -0.15) is 0 Å². The van der Waals surface area contributed by atoms with Crippen molar-refractivity contribution in [3.05, 3.63) is 35.9 Å². The van der Waals surface area contributed by atoms with Crippen LogP contribution in [0, 0.1) is 0 Å². The molecule has 4 N–H and O–H groups in total. The van der Waals surface area contributed by atoms with Crippen LogP contribution in [-0.4, -0.2) is 17.5 Å². The fourth-order valence-electron chi connectivity index (χ4n) is 1.04. The first-order valence-electron chi connectivity index (χ1n) is 3.86. The summed E-state index contributed by atoms with van der Waals surface area (Å²) in [7, 11) is 0. The van der Waals surface area contributed by atoms with Crippen LogP contribution >= 0.6 is 11.6 Å². The summed E-state index contributed by atoms with van der Waals surface area (Å²) in [6.07, 6.45) is 0. The molecule has 1 aromatic carbocycles. The maximum Gasteiger partial charge on any atom is 0.151 e. The molecule has 0 aliphatic carbocycles. The first-order chi connectivity index (χ1) is 5.73.